The zero-order chi connectivity index (χ0) is 36.4. The molecule has 1 unspecified atom stereocenters. The third-order valence-electron chi connectivity index (χ3n) is 7.43. The Hall–Kier alpha value is -5.89. The summed E-state index contributed by atoms with van der Waals surface area (Å²) in [5.41, 5.74) is 2.48. The van der Waals surface area contributed by atoms with Crippen LogP contribution < -0.4 is 30.6 Å². The number of carbonyl (C=O) groups excluding carboxylic acids is 3. The highest BCUT2D eigenvalue weighted by Crippen LogP contribution is 2.37. The fraction of sp³-hybridized carbons (Fsp3) is 0.0789. The van der Waals surface area contributed by atoms with E-state index in [1.165, 1.54) is 56.3 Å². The molecule has 51 heavy (non-hydrogen) atoms. The molecule has 5 N–H and O–H groups in total. The number of carbonyl (C=O) groups is 3. The van der Waals surface area contributed by atoms with Crippen LogP contribution in [-0.2, 0) is 19.6 Å². The fourth-order valence-corrected chi connectivity index (χ4v) is 6.36. The zero-order valence-electron chi connectivity index (χ0n) is 27.5. The standard InChI is InChI=1S/C38H34N4O7S2/c1-48-30-18-13-27(34(24-30)49-2)23-33(42-36(43)26-11-7-4-8-12-26)37(44)40-28-14-19-31(20-15-28)50-35(25-9-5-3-6-10-25)38(45)41-29-16-21-32(22-17-29)51(39,46)47/h3-24,35H,1-2H3,(H,40,44)(H,41,45)(H,42,43)(H2,39,46,47)/b33-23-. The van der Waals surface area contributed by atoms with E-state index in [1.54, 1.807) is 72.8 Å². The van der Waals surface area contributed by atoms with Gasteiger partial charge in [-0.2, -0.15) is 0 Å². The highest BCUT2D eigenvalue weighted by atomic mass is 32.2. The normalized spacial score (nSPS) is 11.9. The number of hydrogen-bond acceptors (Lipinski definition) is 8. The molecule has 0 fully saturated rings. The number of rotatable bonds is 13. The molecule has 1 atom stereocenters. The first kappa shape index (κ1) is 36.4. The molecule has 0 aliphatic carbocycles. The van der Waals surface area contributed by atoms with Crippen LogP contribution in [0, 0.1) is 0 Å². The molecule has 0 aliphatic rings. The maximum atomic E-state index is 13.6. The van der Waals surface area contributed by atoms with Gasteiger partial charge in [-0.15, -0.1) is 11.8 Å². The van der Waals surface area contributed by atoms with Crippen molar-refractivity contribution >= 4 is 57.0 Å². The number of anilines is 2. The molecule has 5 rings (SSSR count). The van der Waals surface area contributed by atoms with Gasteiger partial charge in [0.15, 0.2) is 0 Å². The van der Waals surface area contributed by atoms with Gasteiger partial charge >= 0.3 is 0 Å². The van der Waals surface area contributed by atoms with E-state index >= 15 is 0 Å². The predicted molar refractivity (Wildman–Crippen MR) is 198 cm³/mol. The molecular formula is C38H34N4O7S2. The van der Waals surface area contributed by atoms with E-state index < -0.39 is 27.1 Å². The van der Waals surface area contributed by atoms with Gasteiger partial charge < -0.3 is 25.4 Å². The molecule has 5 aromatic carbocycles. The molecule has 0 bridgehead atoms. The average molecular weight is 723 g/mol. The Morgan fingerprint density at radius 1 is 0.745 bits per heavy atom. The number of sulfonamides is 1. The molecule has 0 radical (unpaired) electrons. The molecule has 11 nitrogen and oxygen atoms in total. The van der Waals surface area contributed by atoms with Gasteiger partial charge in [0.2, 0.25) is 15.9 Å². The number of hydrogen-bond donors (Lipinski definition) is 4. The molecule has 0 spiro atoms. The Labute approximate surface area is 299 Å². The van der Waals surface area contributed by atoms with Crippen LogP contribution >= 0.6 is 11.8 Å². The predicted octanol–water partition coefficient (Wildman–Crippen LogP) is 6.23. The number of ether oxygens (including phenoxy) is 2. The highest BCUT2D eigenvalue weighted by molar-refractivity contribution is 8.00. The van der Waals surface area contributed by atoms with Gasteiger partial charge in [0.05, 0.1) is 19.1 Å². The maximum Gasteiger partial charge on any atom is 0.272 e. The molecule has 0 saturated heterocycles. The van der Waals surface area contributed by atoms with Gasteiger partial charge in [0, 0.05) is 33.5 Å². The maximum absolute atomic E-state index is 13.6. The van der Waals surface area contributed by atoms with Crippen molar-refractivity contribution in [2.75, 3.05) is 24.9 Å². The summed E-state index contributed by atoms with van der Waals surface area (Å²) in [6, 6.07) is 35.3. The summed E-state index contributed by atoms with van der Waals surface area (Å²) in [6.45, 7) is 0. The van der Waals surface area contributed by atoms with Crippen LogP contribution in [0.1, 0.15) is 26.7 Å². The van der Waals surface area contributed by atoms with Crippen molar-refractivity contribution in [1.82, 2.24) is 5.32 Å². The van der Waals surface area contributed by atoms with Gasteiger partial charge in [0.1, 0.15) is 22.4 Å². The van der Waals surface area contributed by atoms with Gasteiger partial charge in [-0.3, -0.25) is 14.4 Å². The van der Waals surface area contributed by atoms with Crippen molar-refractivity contribution in [2.24, 2.45) is 5.14 Å². The smallest absolute Gasteiger partial charge is 0.272 e. The van der Waals surface area contributed by atoms with Crippen LogP contribution in [0.2, 0.25) is 0 Å². The van der Waals surface area contributed by atoms with E-state index in [-0.39, 0.29) is 16.5 Å². The Morgan fingerprint density at radius 2 is 1.35 bits per heavy atom. The van der Waals surface area contributed by atoms with Crippen molar-refractivity contribution in [2.45, 2.75) is 15.0 Å². The van der Waals surface area contributed by atoms with Crippen LogP contribution in [0.3, 0.4) is 0 Å². The van der Waals surface area contributed by atoms with Crippen LogP contribution in [-0.4, -0.2) is 40.4 Å². The largest absolute Gasteiger partial charge is 0.497 e. The Bertz CT molecular complexity index is 2140. The SMILES string of the molecule is COc1ccc(/C=C(\NC(=O)c2ccccc2)C(=O)Nc2ccc(SC(C(=O)Nc3ccc(S(N)(=O)=O)cc3)c3ccccc3)cc2)c(OC)c1. The van der Waals surface area contributed by atoms with Crippen molar-refractivity contribution in [3.63, 3.8) is 0 Å². The average Bonchev–Trinajstić information content (AvgIpc) is 3.14. The van der Waals surface area contributed by atoms with Crippen molar-refractivity contribution in [1.29, 1.82) is 0 Å². The summed E-state index contributed by atoms with van der Waals surface area (Å²) in [5, 5.41) is 12.9. The summed E-state index contributed by atoms with van der Waals surface area (Å²) >= 11 is 1.29. The van der Waals surface area contributed by atoms with Gasteiger partial charge in [-0.1, -0.05) is 48.5 Å². The molecule has 0 heterocycles. The monoisotopic (exact) mass is 722 g/mol. The first-order chi connectivity index (χ1) is 24.5. The van der Waals surface area contributed by atoms with Gasteiger partial charge in [-0.25, -0.2) is 13.6 Å². The van der Waals surface area contributed by atoms with Gasteiger partial charge in [0.25, 0.3) is 11.8 Å². The lowest BCUT2D eigenvalue weighted by molar-refractivity contribution is -0.116. The highest BCUT2D eigenvalue weighted by Gasteiger charge is 2.23. The summed E-state index contributed by atoms with van der Waals surface area (Å²) in [4.78, 5) is 40.9. The van der Waals surface area contributed by atoms with Crippen molar-refractivity contribution in [3.8, 4) is 11.5 Å². The summed E-state index contributed by atoms with van der Waals surface area (Å²) in [6.07, 6.45) is 1.52. The second-order valence-electron chi connectivity index (χ2n) is 10.9. The van der Waals surface area contributed by atoms with Crippen molar-refractivity contribution < 1.29 is 32.3 Å². The quantitative estimate of drug-likeness (QED) is 0.0820. The van der Waals surface area contributed by atoms with E-state index in [9.17, 15) is 22.8 Å². The van der Waals surface area contributed by atoms with E-state index in [2.05, 4.69) is 16.0 Å². The number of nitrogens with one attached hydrogen (secondary N) is 3. The topological polar surface area (TPSA) is 166 Å². The summed E-state index contributed by atoms with van der Waals surface area (Å²) in [7, 11) is -0.849. The van der Waals surface area contributed by atoms with E-state index in [0.29, 0.717) is 34.0 Å². The second-order valence-corrected chi connectivity index (χ2v) is 13.7. The zero-order valence-corrected chi connectivity index (χ0v) is 29.2. The molecule has 0 saturated carbocycles. The number of methoxy groups -OCH3 is 2. The lowest BCUT2D eigenvalue weighted by Crippen LogP contribution is -2.30. The Morgan fingerprint density at radius 3 is 1.96 bits per heavy atom. The molecule has 13 heteroatoms. The fourth-order valence-electron chi connectivity index (χ4n) is 4.82. The lowest BCUT2D eigenvalue weighted by atomic mass is 10.1. The number of nitrogens with two attached hydrogens (primary N) is 1. The molecule has 0 aliphatic heterocycles. The number of amides is 3. The summed E-state index contributed by atoms with van der Waals surface area (Å²) < 4.78 is 34.0. The Kier molecular flexibility index (Phi) is 11.9. The number of primary sulfonamides is 1. The van der Waals surface area contributed by atoms with E-state index in [4.69, 9.17) is 14.6 Å². The molecular weight excluding hydrogens is 689 g/mol. The third kappa shape index (κ3) is 9.85. The van der Waals surface area contributed by atoms with E-state index in [1.807, 2.05) is 30.3 Å². The van der Waals surface area contributed by atoms with Crippen LogP contribution in [0.15, 0.2) is 143 Å². The first-order valence-corrected chi connectivity index (χ1v) is 17.8. The molecule has 0 aromatic heterocycles. The van der Waals surface area contributed by atoms with Gasteiger partial charge in [-0.05, 0) is 84.4 Å². The van der Waals surface area contributed by atoms with E-state index in [0.717, 1.165) is 10.5 Å². The van der Waals surface area contributed by atoms with Crippen LogP contribution in [0.4, 0.5) is 11.4 Å². The molecule has 5 aromatic rings. The molecule has 260 valence electrons. The third-order valence-corrected chi connectivity index (χ3v) is 9.62. The number of benzene rings is 5. The molecule has 3 amide bonds. The first-order valence-electron chi connectivity index (χ1n) is 15.4. The number of thioether (sulfide) groups is 1. The lowest BCUT2D eigenvalue weighted by Gasteiger charge is -2.18. The van der Waals surface area contributed by atoms with Crippen LogP contribution in [0.5, 0.6) is 11.5 Å². The minimum Gasteiger partial charge on any atom is -0.497 e. The van der Waals surface area contributed by atoms with Crippen molar-refractivity contribution in [3.05, 3.63) is 150 Å². The second kappa shape index (κ2) is 16.7. The minimum atomic E-state index is -3.87. The Balaban J connectivity index is 1.35. The van der Waals surface area contributed by atoms with Crippen LogP contribution in [0.25, 0.3) is 6.08 Å². The minimum absolute atomic E-state index is 0.0244. The summed E-state index contributed by atoms with van der Waals surface area (Å²) in [5.74, 6) is -0.376.